The number of amides is 1. The highest BCUT2D eigenvalue weighted by Crippen LogP contribution is 2.32. The second-order valence-corrected chi connectivity index (χ2v) is 11.3. The molecular weight excluding hydrogens is 581 g/mol. The number of carbonyl (C=O) groups excluding carboxylic acids is 1. The number of hydrogen-bond acceptors (Lipinski definition) is 7. The highest BCUT2D eigenvalue weighted by molar-refractivity contribution is 7.95. The summed E-state index contributed by atoms with van der Waals surface area (Å²) in [6.45, 7) is 1.48. The maximum absolute atomic E-state index is 13.0. The fourth-order valence-corrected chi connectivity index (χ4v) is 5.06. The number of anilines is 1. The minimum Gasteiger partial charge on any atom is -0.325 e. The van der Waals surface area contributed by atoms with Gasteiger partial charge in [0.05, 0.1) is 26.3 Å². The standard InChI is InChI=1S/C19H16Cl3N5O7S2/c1-9-18(19(29)27(26-9)14-6-12(22)16(7-11(14)21)36(32,33)34)25-24-13-5-10(23-17(28)8-20)3-4-15(13)35(2,30)31/h3-7,26H,2,8H2,1H3,(H,23,28)(H,30,31)(H,32,33,34). The zero-order valence-electron chi connectivity index (χ0n) is 18.0. The minimum absolute atomic E-state index is 0.0498. The van der Waals surface area contributed by atoms with Gasteiger partial charge in [0, 0.05) is 5.69 Å². The Balaban J connectivity index is 2.11. The highest BCUT2D eigenvalue weighted by Gasteiger charge is 2.21. The van der Waals surface area contributed by atoms with Crippen LogP contribution in [0.15, 0.2) is 55.1 Å². The molecule has 0 aliphatic heterocycles. The molecule has 1 aromatic heterocycles. The Morgan fingerprint density at radius 3 is 2.36 bits per heavy atom. The first-order chi connectivity index (χ1) is 16.6. The number of aromatic amines is 1. The van der Waals surface area contributed by atoms with Gasteiger partial charge in [-0.3, -0.25) is 19.2 Å². The molecule has 3 rings (SSSR count). The molecule has 0 radical (unpaired) electrons. The molecule has 1 amide bonds. The zero-order valence-corrected chi connectivity index (χ0v) is 21.9. The van der Waals surface area contributed by atoms with Crippen LogP contribution in [0.1, 0.15) is 5.69 Å². The number of aryl methyl sites for hydroxylation is 1. The van der Waals surface area contributed by atoms with E-state index in [4.69, 9.17) is 34.8 Å². The van der Waals surface area contributed by atoms with E-state index in [0.717, 1.165) is 16.8 Å². The predicted molar refractivity (Wildman–Crippen MR) is 137 cm³/mol. The molecular formula is C19H16Cl3N5O7S2. The molecule has 192 valence electrons. The first-order valence-electron chi connectivity index (χ1n) is 9.43. The summed E-state index contributed by atoms with van der Waals surface area (Å²) in [6.07, 6.45) is 0. The molecule has 2 aromatic carbocycles. The van der Waals surface area contributed by atoms with E-state index >= 15 is 0 Å². The van der Waals surface area contributed by atoms with Crippen LogP contribution in [0.3, 0.4) is 0 Å². The number of nitrogens with one attached hydrogen (secondary N) is 2. The first kappa shape index (κ1) is 27.9. The summed E-state index contributed by atoms with van der Waals surface area (Å²) < 4.78 is 55.1. The van der Waals surface area contributed by atoms with Crippen molar-refractivity contribution in [1.29, 1.82) is 0 Å². The normalized spacial score (nSPS) is 13.6. The number of carbonyl (C=O) groups is 1. The van der Waals surface area contributed by atoms with Gasteiger partial charge in [0.1, 0.15) is 26.3 Å². The van der Waals surface area contributed by atoms with Gasteiger partial charge in [-0.05, 0) is 43.1 Å². The van der Waals surface area contributed by atoms with E-state index in [1.54, 1.807) is 0 Å². The van der Waals surface area contributed by atoms with Crippen molar-refractivity contribution < 1.29 is 26.5 Å². The topological polar surface area (TPSA) is 183 Å². The molecule has 1 atom stereocenters. The van der Waals surface area contributed by atoms with Crippen molar-refractivity contribution in [3.63, 3.8) is 0 Å². The van der Waals surface area contributed by atoms with E-state index in [9.17, 15) is 31.3 Å². The van der Waals surface area contributed by atoms with Crippen molar-refractivity contribution in [2.24, 2.45) is 10.2 Å². The fraction of sp³-hybridized carbons (Fsp3) is 0.105. The molecule has 17 heteroatoms. The first-order valence-corrected chi connectivity index (χ1v) is 13.8. The summed E-state index contributed by atoms with van der Waals surface area (Å²) in [5, 5.41) is 12.3. The van der Waals surface area contributed by atoms with E-state index in [1.807, 2.05) is 0 Å². The van der Waals surface area contributed by atoms with Crippen LogP contribution in [-0.4, -0.2) is 49.2 Å². The second kappa shape index (κ2) is 10.3. The Bertz CT molecular complexity index is 1680. The molecule has 0 spiro atoms. The van der Waals surface area contributed by atoms with Gasteiger partial charge in [0.25, 0.3) is 15.7 Å². The fourth-order valence-electron chi connectivity index (χ4n) is 2.95. The van der Waals surface area contributed by atoms with Crippen LogP contribution in [0.2, 0.25) is 10.0 Å². The molecule has 0 fully saturated rings. The third-order valence-corrected chi connectivity index (χ3v) is 7.42. The van der Waals surface area contributed by atoms with E-state index in [1.165, 1.54) is 25.1 Å². The van der Waals surface area contributed by atoms with Gasteiger partial charge in [-0.25, -0.2) is 8.89 Å². The number of hydrogen-bond donors (Lipinski definition) is 4. The quantitative estimate of drug-likeness (QED) is 0.136. The summed E-state index contributed by atoms with van der Waals surface area (Å²) >= 11 is 17.5. The number of nitrogens with zero attached hydrogens (tertiary/aromatic N) is 3. The van der Waals surface area contributed by atoms with Gasteiger partial charge in [0.15, 0.2) is 5.69 Å². The number of alkyl halides is 1. The van der Waals surface area contributed by atoms with Crippen molar-refractivity contribution in [2.75, 3.05) is 11.2 Å². The average Bonchev–Trinajstić information content (AvgIpc) is 3.05. The van der Waals surface area contributed by atoms with Gasteiger partial charge in [-0.15, -0.1) is 21.8 Å². The molecule has 4 N–H and O–H groups in total. The molecule has 0 saturated heterocycles. The highest BCUT2D eigenvalue weighted by atomic mass is 35.5. The van der Waals surface area contributed by atoms with Crippen molar-refractivity contribution in [3.05, 3.63) is 56.4 Å². The summed E-state index contributed by atoms with van der Waals surface area (Å²) in [5.41, 5.74) is -0.814. The van der Waals surface area contributed by atoms with Gasteiger partial charge in [-0.2, -0.15) is 8.42 Å². The Labute approximate surface area is 219 Å². The maximum atomic E-state index is 13.0. The molecule has 12 nitrogen and oxygen atoms in total. The SMILES string of the molecule is C=S(=O)(O)c1ccc(NC(=O)CCl)cc1N=Nc1c(C)[nH]n(-c2cc(Cl)c(S(=O)(=O)O)cc2Cl)c1=O. The van der Waals surface area contributed by atoms with Crippen LogP contribution in [0.25, 0.3) is 5.69 Å². The Kier molecular flexibility index (Phi) is 8.00. The number of azo groups is 1. The van der Waals surface area contributed by atoms with Crippen molar-refractivity contribution >= 4 is 83.6 Å². The largest absolute Gasteiger partial charge is 0.325 e. The van der Waals surface area contributed by atoms with Gasteiger partial charge >= 0.3 is 0 Å². The maximum Gasteiger partial charge on any atom is 0.299 e. The van der Waals surface area contributed by atoms with E-state index in [2.05, 4.69) is 26.5 Å². The molecule has 0 aliphatic carbocycles. The zero-order chi connectivity index (χ0) is 27.0. The number of rotatable bonds is 7. The third kappa shape index (κ3) is 5.98. The van der Waals surface area contributed by atoms with Crippen LogP contribution in [0.5, 0.6) is 0 Å². The van der Waals surface area contributed by atoms with Gasteiger partial charge in [0.2, 0.25) is 5.91 Å². The van der Waals surface area contributed by atoms with E-state index in [0.29, 0.717) is 0 Å². The van der Waals surface area contributed by atoms with Crippen LogP contribution in [-0.2, 0) is 24.7 Å². The lowest BCUT2D eigenvalue weighted by Crippen LogP contribution is -2.15. The van der Waals surface area contributed by atoms with Crippen LogP contribution in [0, 0.1) is 6.92 Å². The number of benzene rings is 2. The average molecular weight is 597 g/mol. The molecule has 36 heavy (non-hydrogen) atoms. The van der Waals surface area contributed by atoms with Crippen LogP contribution < -0.4 is 10.9 Å². The van der Waals surface area contributed by atoms with Crippen LogP contribution >= 0.6 is 34.8 Å². The summed E-state index contributed by atoms with van der Waals surface area (Å²) in [4.78, 5) is 23.7. The summed E-state index contributed by atoms with van der Waals surface area (Å²) in [5.74, 6) is 2.33. The molecule has 0 bridgehead atoms. The van der Waals surface area contributed by atoms with Crippen molar-refractivity contribution in [2.45, 2.75) is 16.7 Å². The molecule has 1 unspecified atom stereocenters. The summed E-state index contributed by atoms with van der Waals surface area (Å²) in [7, 11) is -8.43. The smallest absolute Gasteiger partial charge is 0.299 e. The molecule has 3 aromatic rings. The van der Waals surface area contributed by atoms with Crippen LogP contribution in [0.4, 0.5) is 17.1 Å². The lowest BCUT2D eigenvalue weighted by Gasteiger charge is -2.09. The Hall–Kier alpha value is -2.72. The minimum atomic E-state index is -4.67. The van der Waals surface area contributed by atoms with Gasteiger partial charge in [-0.1, -0.05) is 23.2 Å². The number of H-pyrrole nitrogens is 1. The lowest BCUT2D eigenvalue weighted by molar-refractivity contribution is -0.113. The summed E-state index contributed by atoms with van der Waals surface area (Å²) in [6, 6.07) is 5.73. The Morgan fingerprint density at radius 1 is 1.11 bits per heavy atom. The Morgan fingerprint density at radius 2 is 1.78 bits per heavy atom. The third-order valence-electron chi connectivity index (χ3n) is 4.53. The number of halogens is 3. The van der Waals surface area contributed by atoms with Gasteiger partial charge < -0.3 is 9.87 Å². The molecule has 1 heterocycles. The predicted octanol–water partition coefficient (Wildman–Crippen LogP) is 4.17. The van der Waals surface area contributed by atoms with E-state index in [-0.39, 0.29) is 44.2 Å². The monoisotopic (exact) mass is 595 g/mol. The van der Waals surface area contributed by atoms with Crippen molar-refractivity contribution in [3.8, 4) is 5.69 Å². The molecule has 0 saturated carbocycles. The number of aromatic nitrogens is 2. The second-order valence-electron chi connectivity index (χ2n) is 7.14. The van der Waals surface area contributed by atoms with Crippen molar-refractivity contribution in [1.82, 2.24) is 9.78 Å². The van der Waals surface area contributed by atoms with E-state index < -0.39 is 41.3 Å². The lowest BCUT2D eigenvalue weighted by atomic mass is 10.3. The molecule has 0 aliphatic rings.